The Morgan fingerprint density at radius 3 is 2.95 bits per heavy atom. The summed E-state index contributed by atoms with van der Waals surface area (Å²) in [6.07, 6.45) is 1.36. The van der Waals surface area contributed by atoms with Crippen LogP contribution in [0.25, 0.3) is 0 Å². The molecular formula is C14H14FN3O2. The van der Waals surface area contributed by atoms with Gasteiger partial charge < -0.3 is 15.8 Å². The highest BCUT2D eigenvalue weighted by Crippen LogP contribution is 2.20. The lowest BCUT2D eigenvalue weighted by molar-refractivity contribution is 0.0527. The summed E-state index contributed by atoms with van der Waals surface area (Å²) in [7, 11) is 0. The van der Waals surface area contributed by atoms with E-state index in [9.17, 15) is 9.18 Å². The molecule has 0 radical (unpaired) electrons. The van der Waals surface area contributed by atoms with Gasteiger partial charge in [-0.3, -0.25) is 0 Å². The third kappa shape index (κ3) is 3.23. The smallest absolute Gasteiger partial charge is 0.340 e. The predicted molar refractivity (Wildman–Crippen MR) is 74.3 cm³/mol. The van der Waals surface area contributed by atoms with Crippen molar-refractivity contribution in [1.82, 2.24) is 4.98 Å². The van der Waals surface area contributed by atoms with Crippen LogP contribution in [0.4, 0.5) is 21.6 Å². The minimum atomic E-state index is -0.519. The van der Waals surface area contributed by atoms with Crippen molar-refractivity contribution in [2.75, 3.05) is 17.7 Å². The topological polar surface area (TPSA) is 77.2 Å². The van der Waals surface area contributed by atoms with Crippen molar-refractivity contribution in [1.29, 1.82) is 0 Å². The number of ether oxygens (including phenoxy) is 1. The molecule has 0 bridgehead atoms. The van der Waals surface area contributed by atoms with Crippen molar-refractivity contribution in [3.05, 3.63) is 47.9 Å². The number of carbonyl (C=O) groups excluding carboxylic acids is 1. The van der Waals surface area contributed by atoms with Crippen LogP contribution in [0.1, 0.15) is 17.3 Å². The Morgan fingerprint density at radius 1 is 1.45 bits per heavy atom. The quantitative estimate of drug-likeness (QED) is 0.839. The largest absolute Gasteiger partial charge is 0.462 e. The molecule has 3 N–H and O–H groups in total. The number of hydrogen-bond donors (Lipinski definition) is 2. The van der Waals surface area contributed by atoms with E-state index in [1.54, 1.807) is 19.1 Å². The zero-order valence-corrected chi connectivity index (χ0v) is 10.9. The van der Waals surface area contributed by atoms with Crippen LogP contribution in [-0.4, -0.2) is 17.6 Å². The second-order valence-electron chi connectivity index (χ2n) is 4.01. The number of esters is 1. The number of halogens is 1. The summed E-state index contributed by atoms with van der Waals surface area (Å²) >= 11 is 0. The number of carbonyl (C=O) groups is 1. The molecule has 0 saturated carbocycles. The molecule has 0 aliphatic heterocycles. The summed E-state index contributed by atoms with van der Waals surface area (Å²) in [4.78, 5) is 15.7. The molecule has 0 saturated heterocycles. The van der Waals surface area contributed by atoms with Crippen LogP contribution in [-0.2, 0) is 4.74 Å². The van der Waals surface area contributed by atoms with Gasteiger partial charge in [0.2, 0.25) is 0 Å². The number of hydrogen-bond acceptors (Lipinski definition) is 5. The van der Waals surface area contributed by atoms with E-state index in [0.717, 1.165) is 0 Å². The van der Waals surface area contributed by atoms with E-state index in [2.05, 4.69) is 10.3 Å². The minimum absolute atomic E-state index is 0.223. The Labute approximate surface area is 115 Å². The first-order valence-electron chi connectivity index (χ1n) is 6.05. The van der Waals surface area contributed by atoms with Crippen molar-refractivity contribution >= 4 is 23.2 Å². The maximum Gasteiger partial charge on any atom is 0.340 e. The third-order valence-corrected chi connectivity index (χ3v) is 2.53. The summed E-state index contributed by atoms with van der Waals surface area (Å²) < 4.78 is 18.0. The summed E-state index contributed by atoms with van der Waals surface area (Å²) in [6.45, 7) is 1.97. The van der Waals surface area contributed by atoms with Crippen LogP contribution >= 0.6 is 0 Å². The van der Waals surface area contributed by atoms with Gasteiger partial charge in [-0.1, -0.05) is 6.07 Å². The molecular weight excluding hydrogens is 261 g/mol. The number of pyridine rings is 1. The number of nitrogen functional groups attached to an aromatic ring is 1. The van der Waals surface area contributed by atoms with Crippen LogP contribution in [0.2, 0.25) is 0 Å². The Bertz CT molecular complexity index is 632. The summed E-state index contributed by atoms with van der Waals surface area (Å²) in [5.74, 6) is -0.501. The molecule has 6 heteroatoms. The second kappa shape index (κ2) is 6.01. The number of aromatic nitrogens is 1. The van der Waals surface area contributed by atoms with Gasteiger partial charge in [0, 0.05) is 5.69 Å². The molecule has 1 aromatic heterocycles. The second-order valence-corrected chi connectivity index (χ2v) is 4.01. The number of rotatable bonds is 4. The highest BCUT2D eigenvalue weighted by atomic mass is 19.1. The van der Waals surface area contributed by atoms with Gasteiger partial charge in [-0.25, -0.2) is 14.2 Å². The molecule has 1 aromatic carbocycles. The first-order valence-corrected chi connectivity index (χ1v) is 6.05. The minimum Gasteiger partial charge on any atom is -0.462 e. The van der Waals surface area contributed by atoms with E-state index in [1.807, 2.05) is 0 Å². The molecule has 0 amide bonds. The van der Waals surface area contributed by atoms with E-state index < -0.39 is 5.97 Å². The van der Waals surface area contributed by atoms with Gasteiger partial charge in [0.05, 0.1) is 24.1 Å². The Kier molecular flexibility index (Phi) is 4.14. The van der Waals surface area contributed by atoms with Crippen molar-refractivity contribution in [3.8, 4) is 0 Å². The van der Waals surface area contributed by atoms with E-state index in [1.165, 1.54) is 24.4 Å². The first kappa shape index (κ1) is 13.8. The molecule has 0 aliphatic rings. The van der Waals surface area contributed by atoms with Crippen LogP contribution in [0.15, 0.2) is 36.5 Å². The number of nitrogens with two attached hydrogens (primary N) is 1. The average molecular weight is 275 g/mol. The fourth-order valence-electron chi connectivity index (χ4n) is 1.63. The molecule has 0 aliphatic carbocycles. The number of nitrogens with zero attached hydrogens (tertiary/aromatic N) is 1. The van der Waals surface area contributed by atoms with Crippen LogP contribution < -0.4 is 11.1 Å². The molecule has 104 valence electrons. The molecule has 20 heavy (non-hydrogen) atoms. The van der Waals surface area contributed by atoms with E-state index in [4.69, 9.17) is 10.5 Å². The highest BCUT2D eigenvalue weighted by molar-refractivity contribution is 5.95. The van der Waals surface area contributed by atoms with E-state index in [0.29, 0.717) is 11.5 Å². The molecule has 0 spiro atoms. The first-order chi connectivity index (χ1) is 9.60. The van der Waals surface area contributed by atoms with Crippen LogP contribution in [0.5, 0.6) is 0 Å². The summed E-state index contributed by atoms with van der Waals surface area (Å²) in [5, 5.41) is 2.89. The lowest BCUT2D eigenvalue weighted by atomic mass is 10.2. The molecule has 0 unspecified atom stereocenters. The van der Waals surface area contributed by atoms with Gasteiger partial charge in [-0.05, 0) is 31.2 Å². The maximum atomic E-state index is 13.1. The Hall–Kier alpha value is -2.63. The molecule has 1 heterocycles. The van der Waals surface area contributed by atoms with E-state index >= 15 is 0 Å². The molecule has 0 fully saturated rings. The highest BCUT2D eigenvalue weighted by Gasteiger charge is 2.12. The van der Waals surface area contributed by atoms with Gasteiger partial charge in [-0.15, -0.1) is 0 Å². The average Bonchev–Trinajstić information content (AvgIpc) is 2.41. The van der Waals surface area contributed by atoms with Crippen molar-refractivity contribution in [2.24, 2.45) is 0 Å². The Balaban J connectivity index is 2.25. The summed E-state index contributed by atoms with van der Waals surface area (Å²) in [6, 6.07) is 7.39. The Morgan fingerprint density at radius 2 is 2.25 bits per heavy atom. The number of benzene rings is 1. The summed E-state index contributed by atoms with van der Waals surface area (Å²) in [5.41, 5.74) is 6.66. The zero-order valence-electron chi connectivity index (χ0n) is 10.9. The monoisotopic (exact) mass is 275 g/mol. The molecule has 2 rings (SSSR count). The standard InChI is InChI=1S/C14H14FN3O2/c1-2-20-14(19)11-7-13(17-8-12(11)16)18-10-5-3-4-9(15)6-10/h3-8H,2,16H2,1H3,(H,17,18). The van der Waals surface area contributed by atoms with Gasteiger partial charge in [0.1, 0.15) is 11.6 Å². The van der Waals surface area contributed by atoms with Gasteiger partial charge >= 0.3 is 5.97 Å². The third-order valence-electron chi connectivity index (χ3n) is 2.53. The normalized spacial score (nSPS) is 10.1. The van der Waals surface area contributed by atoms with Crippen LogP contribution in [0.3, 0.4) is 0 Å². The number of anilines is 3. The lowest BCUT2D eigenvalue weighted by Gasteiger charge is -2.09. The van der Waals surface area contributed by atoms with Gasteiger partial charge in [0.15, 0.2) is 0 Å². The molecule has 0 atom stereocenters. The van der Waals surface area contributed by atoms with Gasteiger partial charge in [0.25, 0.3) is 0 Å². The zero-order chi connectivity index (χ0) is 14.5. The van der Waals surface area contributed by atoms with Gasteiger partial charge in [-0.2, -0.15) is 0 Å². The number of nitrogens with one attached hydrogen (secondary N) is 1. The van der Waals surface area contributed by atoms with Crippen molar-refractivity contribution in [3.63, 3.8) is 0 Å². The van der Waals surface area contributed by atoms with Crippen molar-refractivity contribution < 1.29 is 13.9 Å². The fourth-order valence-corrected chi connectivity index (χ4v) is 1.63. The van der Waals surface area contributed by atoms with Crippen LogP contribution in [0, 0.1) is 5.82 Å². The van der Waals surface area contributed by atoms with Crippen molar-refractivity contribution in [2.45, 2.75) is 6.92 Å². The SMILES string of the molecule is CCOC(=O)c1cc(Nc2cccc(F)c2)ncc1N. The maximum absolute atomic E-state index is 13.1. The fraction of sp³-hybridized carbons (Fsp3) is 0.143. The predicted octanol–water partition coefficient (Wildman–Crippen LogP) is 2.72. The van der Waals surface area contributed by atoms with E-state index in [-0.39, 0.29) is 23.7 Å². The molecule has 2 aromatic rings. The molecule has 5 nitrogen and oxygen atoms in total. The lowest BCUT2D eigenvalue weighted by Crippen LogP contribution is -2.09.